The summed E-state index contributed by atoms with van der Waals surface area (Å²) < 4.78 is 32.1. The lowest BCUT2D eigenvalue weighted by molar-refractivity contribution is -0.121. The van der Waals surface area contributed by atoms with Crippen molar-refractivity contribution < 1.29 is 28.2 Å². The van der Waals surface area contributed by atoms with Crippen LogP contribution in [0.5, 0.6) is 11.5 Å². The number of hydrogen-bond acceptors (Lipinski definition) is 6. The van der Waals surface area contributed by atoms with Gasteiger partial charge in [0.1, 0.15) is 35.4 Å². The summed E-state index contributed by atoms with van der Waals surface area (Å²) >= 11 is 3.27. The standard InChI is InChI=1S/C26H33BrFN3O5/c1-26(2,3)36-25(33)31-15-16-7-8-19(34-6)11-17(16)12-21(31)24(32)29-23-20(28)13-18(27)14-22(23)35-10-9-30(4)5/h7-8,11,13-14,21H,9-10,12,15H2,1-6H3,(H,29,32)/t21-/m1/s1. The van der Waals surface area contributed by atoms with E-state index in [4.69, 9.17) is 14.2 Å². The highest BCUT2D eigenvalue weighted by Crippen LogP contribution is 2.34. The van der Waals surface area contributed by atoms with Gasteiger partial charge in [-0.15, -0.1) is 0 Å². The molecule has 0 saturated carbocycles. The van der Waals surface area contributed by atoms with E-state index >= 15 is 0 Å². The molecular formula is C26H33BrFN3O5. The van der Waals surface area contributed by atoms with E-state index in [1.807, 2.05) is 31.1 Å². The van der Waals surface area contributed by atoms with Crippen LogP contribution >= 0.6 is 15.9 Å². The molecule has 1 heterocycles. The summed E-state index contributed by atoms with van der Waals surface area (Å²) in [7, 11) is 5.36. The number of carbonyl (C=O) groups is 2. The molecule has 10 heteroatoms. The number of halogens is 2. The van der Waals surface area contributed by atoms with Crippen LogP contribution in [0.25, 0.3) is 0 Å². The van der Waals surface area contributed by atoms with Gasteiger partial charge in [-0.05, 0) is 70.3 Å². The maximum atomic E-state index is 15.0. The van der Waals surface area contributed by atoms with Gasteiger partial charge in [-0.25, -0.2) is 9.18 Å². The van der Waals surface area contributed by atoms with Gasteiger partial charge in [0, 0.05) is 17.4 Å². The Morgan fingerprint density at radius 3 is 2.56 bits per heavy atom. The minimum absolute atomic E-state index is 0.0810. The van der Waals surface area contributed by atoms with E-state index in [2.05, 4.69) is 21.2 Å². The molecule has 0 aromatic heterocycles. The van der Waals surface area contributed by atoms with Crippen molar-refractivity contribution in [1.82, 2.24) is 9.80 Å². The van der Waals surface area contributed by atoms with E-state index in [0.29, 0.717) is 23.4 Å². The summed E-state index contributed by atoms with van der Waals surface area (Å²) in [5, 5.41) is 2.67. The third-order valence-electron chi connectivity index (χ3n) is 5.54. The van der Waals surface area contributed by atoms with Crippen LogP contribution in [0.3, 0.4) is 0 Å². The Kier molecular flexibility index (Phi) is 8.84. The molecule has 0 unspecified atom stereocenters. The van der Waals surface area contributed by atoms with Crippen molar-refractivity contribution in [2.75, 3.05) is 39.7 Å². The van der Waals surface area contributed by atoms with Crippen molar-refractivity contribution in [3.05, 3.63) is 51.7 Å². The molecule has 0 aliphatic carbocycles. The van der Waals surface area contributed by atoms with Gasteiger partial charge in [0.15, 0.2) is 5.82 Å². The summed E-state index contributed by atoms with van der Waals surface area (Å²) in [6.45, 7) is 6.36. The van der Waals surface area contributed by atoms with E-state index < -0.39 is 29.5 Å². The van der Waals surface area contributed by atoms with E-state index in [1.54, 1.807) is 40.0 Å². The molecule has 36 heavy (non-hydrogen) atoms. The van der Waals surface area contributed by atoms with Gasteiger partial charge in [-0.2, -0.15) is 0 Å². The van der Waals surface area contributed by atoms with Crippen molar-refractivity contribution in [3.8, 4) is 11.5 Å². The van der Waals surface area contributed by atoms with E-state index in [-0.39, 0.29) is 24.4 Å². The fraction of sp³-hybridized carbons (Fsp3) is 0.462. The number of fused-ring (bicyclic) bond motifs is 1. The molecule has 1 atom stereocenters. The Hall–Kier alpha value is -2.85. The zero-order chi connectivity index (χ0) is 26.6. The smallest absolute Gasteiger partial charge is 0.411 e. The number of nitrogens with one attached hydrogen (secondary N) is 1. The summed E-state index contributed by atoms with van der Waals surface area (Å²) in [6, 6.07) is 7.43. The first-order valence-corrected chi connectivity index (χ1v) is 12.4. The van der Waals surface area contributed by atoms with E-state index in [1.165, 1.54) is 11.0 Å². The molecule has 2 amide bonds. The topological polar surface area (TPSA) is 80.3 Å². The van der Waals surface area contributed by atoms with Crippen molar-refractivity contribution in [2.45, 2.75) is 45.4 Å². The molecule has 2 aromatic carbocycles. The molecule has 196 valence electrons. The van der Waals surface area contributed by atoms with Crippen LogP contribution in [0.15, 0.2) is 34.8 Å². The Morgan fingerprint density at radius 2 is 1.92 bits per heavy atom. The van der Waals surface area contributed by atoms with Crippen LogP contribution in [0.2, 0.25) is 0 Å². The van der Waals surface area contributed by atoms with Gasteiger partial charge >= 0.3 is 6.09 Å². The van der Waals surface area contributed by atoms with Gasteiger partial charge in [0.2, 0.25) is 5.91 Å². The minimum Gasteiger partial charge on any atom is -0.497 e. The van der Waals surface area contributed by atoms with Gasteiger partial charge < -0.3 is 24.4 Å². The van der Waals surface area contributed by atoms with Gasteiger partial charge in [-0.1, -0.05) is 22.0 Å². The molecule has 0 fully saturated rings. The highest BCUT2D eigenvalue weighted by molar-refractivity contribution is 9.10. The number of rotatable bonds is 7. The van der Waals surface area contributed by atoms with Crippen molar-refractivity contribution in [1.29, 1.82) is 0 Å². The Bertz CT molecular complexity index is 1120. The van der Waals surface area contributed by atoms with Crippen LogP contribution in [0.4, 0.5) is 14.9 Å². The molecule has 2 aromatic rings. The first-order chi connectivity index (χ1) is 16.9. The lowest BCUT2D eigenvalue weighted by atomic mass is 9.93. The summed E-state index contributed by atoms with van der Waals surface area (Å²) in [4.78, 5) is 29.9. The van der Waals surface area contributed by atoms with E-state index in [0.717, 1.165) is 11.1 Å². The summed E-state index contributed by atoms with van der Waals surface area (Å²) in [5.74, 6) is -0.361. The van der Waals surface area contributed by atoms with Crippen LogP contribution in [-0.2, 0) is 22.5 Å². The zero-order valence-electron chi connectivity index (χ0n) is 21.5. The third-order valence-corrected chi connectivity index (χ3v) is 6.00. The Balaban J connectivity index is 1.92. The number of anilines is 1. The fourth-order valence-electron chi connectivity index (χ4n) is 3.76. The molecule has 0 radical (unpaired) electrons. The zero-order valence-corrected chi connectivity index (χ0v) is 23.1. The number of benzene rings is 2. The van der Waals surface area contributed by atoms with Crippen LogP contribution in [-0.4, -0.2) is 67.8 Å². The predicted octanol–water partition coefficient (Wildman–Crippen LogP) is 4.84. The molecule has 0 saturated heterocycles. The normalized spacial score (nSPS) is 15.4. The molecular weight excluding hydrogens is 533 g/mol. The number of likely N-dealkylation sites (N-methyl/N-ethyl adjacent to an activating group) is 1. The largest absolute Gasteiger partial charge is 0.497 e. The van der Waals surface area contributed by atoms with Crippen molar-refractivity contribution in [2.24, 2.45) is 0 Å². The molecule has 1 aliphatic rings. The van der Waals surface area contributed by atoms with Gasteiger partial charge in [0.25, 0.3) is 0 Å². The second-order valence-corrected chi connectivity index (χ2v) is 10.8. The second kappa shape index (κ2) is 11.5. The predicted molar refractivity (Wildman–Crippen MR) is 139 cm³/mol. The average molecular weight is 566 g/mol. The molecule has 8 nitrogen and oxygen atoms in total. The SMILES string of the molecule is COc1ccc2c(c1)C[C@H](C(=O)Nc1c(F)cc(Br)cc1OCCN(C)C)N(C(=O)OC(C)(C)C)C2. The number of carbonyl (C=O) groups excluding carboxylic acids is 2. The van der Waals surface area contributed by atoms with Crippen LogP contribution < -0.4 is 14.8 Å². The van der Waals surface area contributed by atoms with Crippen molar-refractivity contribution >= 4 is 33.6 Å². The highest BCUT2D eigenvalue weighted by Gasteiger charge is 2.38. The highest BCUT2D eigenvalue weighted by atomic mass is 79.9. The maximum Gasteiger partial charge on any atom is 0.411 e. The van der Waals surface area contributed by atoms with Gasteiger partial charge in [0.05, 0.1) is 13.7 Å². The molecule has 1 N–H and O–H groups in total. The van der Waals surface area contributed by atoms with Crippen LogP contribution in [0.1, 0.15) is 31.9 Å². The second-order valence-electron chi connectivity index (χ2n) is 9.86. The summed E-state index contributed by atoms with van der Waals surface area (Å²) in [6.07, 6.45) is -0.408. The monoisotopic (exact) mass is 565 g/mol. The Labute approximate surface area is 219 Å². The maximum absolute atomic E-state index is 15.0. The van der Waals surface area contributed by atoms with Crippen molar-refractivity contribution in [3.63, 3.8) is 0 Å². The molecule has 0 bridgehead atoms. The quantitative estimate of drug-likeness (QED) is 0.517. The van der Waals surface area contributed by atoms with E-state index in [9.17, 15) is 14.0 Å². The number of ether oxygens (including phenoxy) is 3. The van der Waals surface area contributed by atoms with Gasteiger partial charge in [-0.3, -0.25) is 9.69 Å². The first kappa shape index (κ1) is 27.7. The molecule has 3 rings (SSSR count). The first-order valence-electron chi connectivity index (χ1n) is 11.6. The molecule has 1 aliphatic heterocycles. The number of hydrogen-bond donors (Lipinski definition) is 1. The fourth-order valence-corrected chi connectivity index (χ4v) is 4.17. The Morgan fingerprint density at radius 1 is 1.19 bits per heavy atom. The number of nitrogens with zero attached hydrogens (tertiary/aromatic N) is 2. The molecule has 0 spiro atoms. The lowest BCUT2D eigenvalue weighted by Crippen LogP contribution is -2.52. The average Bonchev–Trinajstić information content (AvgIpc) is 2.78. The summed E-state index contributed by atoms with van der Waals surface area (Å²) in [5.41, 5.74) is 0.924. The number of methoxy groups -OCH3 is 1. The number of amides is 2. The minimum atomic E-state index is -0.933. The lowest BCUT2D eigenvalue weighted by Gasteiger charge is -2.37. The third kappa shape index (κ3) is 7.10. The van der Waals surface area contributed by atoms with Crippen LogP contribution in [0, 0.1) is 5.82 Å².